The molecule has 0 saturated carbocycles. The molecule has 0 spiro atoms. The van der Waals surface area contributed by atoms with Crippen molar-refractivity contribution in [3.63, 3.8) is 0 Å². The summed E-state index contributed by atoms with van der Waals surface area (Å²) in [5, 5.41) is 3.34. The van der Waals surface area contributed by atoms with Gasteiger partial charge in [0.05, 0.1) is 18.4 Å². The van der Waals surface area contributed by atoms with Crippen molar-refractivity contribution in [1.82, 2.24) is 15.0 Å². The first-order chi connectivity index (χ1) is 13.8. The number of sulfonamides is 1. The number of hydrogen-bond donors (Lipinski definition) is 3. The number of carbonyl (C=O) groups is 1. The van der Waals surface area contributed by atoms with Gasteiger partial charge in [0.2, 0.25) is 15.9 Å². The third kappa shape index (κ3) is 4.93. The van der Waals surface area contributed by atoms with Crippen LogP contribution in [-0.4, -0.2) is 39.5 Å². The molecule has 0 radical (unpaired) electrons. The summed E-state index contributed by atoms with van der Waals surface area (Å²) < 4.78 is 45.5. The van der Waals surface area contributed by atoms with E-state index in [0.29, 0.717) is 11.1 Å². The maximum atomic E-state index is 13.5. The number of hydrogen-bond acceptors (Lipinski definition) is 4. The van der Waals surface area contributed by atoms with Gasteiger partial charge in [0.15, 0.2) is 0 Å². The third-order valence-corrected chi connectivity index (χ3v) is 6.00. The van der Waals surface area contributed by atoms with Crippen LogP contribution in [-0.2, 0) is 21.2 Å². The lowest BCUT2D eigenvalue weighted by Gasteiger charge is -2.09. The first-order valence-corrected chi connectivity index (χ1v) is 10.5. The number of rotatable bonds is 8. The molecular formula is C20H22FN3O4S. The topological polar surface area (TPSA) is 100 Å². The summed E-state index contributed by atoms with van der Waals surface area (Å²) in [5.41, 5.74) is 2.27. The molecule has 0 aliphatic rings. The predicted molar refractivity (Wildman–Crippen MR) is 108 cm³/mol. The van der Waals surface area contributed by atoms with Crippen LogP contribution >= 0.6 is 0 Å². The molecule has 1 heterocycles. The van der Waals surface area contributed by atoms with E-state index >= 15 is 0 Å². The van der Waals surface area contributed by atoms with E-state index in [2.05, 4.69) is 15.0 Å². The van der Waals surface area contributed by atoms with E-state index < -0.39 is 10.0 Å². The Balaban J connectivity index is 1.54. The van der Waals surface area contributed by atoms with Gasteiger partial charge >= 0.3 is 0 Å². The Labute approximate surface area is 168 Å². The molecule has 0 bridgehead atoms. The molecule has 0 unspecified atom stereocenters. The molecule has 7 nitrogen and oxygen atoms in total. The van der Waals surface area contributed by atoms with Crippen molar-refractivity contribution in [1.29, 1.82) is 0 Å². The Morgan fingerprint density at radius 1 is 1.14 bits per heavy atom. The Morgan fingerprint density at radius 2 is 1.86 bits per heavy atom. The van der Waals surface area contributed by atoms with Gasteiger partial charge in [-0.15, -0.1) is 0 Å². The van der Waals surface area contributed by atoms with Crippen LogP contribution in [0.4, 0.5) is 4.39 Å². The molecule has 9 heteroatoms. The summed E-state index contributed by atoms with van der Waals surface area (Å²) in [6, 6.07) is 10.4. The number of aromatic nitrogens is 1. The zero-order valence-electron chi connectivity index (χ0n) is 16.1. The van der Waals surface area contributed by atoms with Crippen LogP contribution in [0.25, 0.3) is 10.9 Å². The van der Waals surface area contributed by atoms with E-state index in [4.69, 9.17) is 4.74 Å². The van der Waals surface area contributed by atoms with E-state index in [1.165, 1.54) is 31.4 Å². The smallest absolute Gasteiger partial charge is 0.240 e. The highest BCUT2D eigenvalue weighted by molar-refractivity contribution is 7.89. The standard InChI is InChI=1S/C20H22FN3O4S/c1-13-17(18-11-14(21)3-8-19(18)24-13)12-20(25)22-9-10-23-29(26,27)16-6-4-15(28-2)5-7-16/h3-8,11,23-24H,9-10,12H2,1-2H3,(H,22,25). The molecule has 29 heavy (non-hydrogen) atoms. The molecule has 3 N–H and O–H groups in total. The zero-order chi connectivity index (χ0) is 21.0. The predicted octanol–water partition coefficient (Wildman–Crippen LogP) is 2.26. The number of H-pyrrole nitrogens is 1. The number of methoxy groups -OCH3 is 1. The fourth-order valence-corrected chi connectivity index (χ4v) is 4.06. The van der Waals surface area contributed by atoms with Gasteiger partial charge in [0.1, 0.15) is 11.6 Å². The highest BCUT2D eigenvalue weighted by atomic mass is 32.2. The lowest BCUT2D eigenvalue weighted by molar-refractivity contribution is -0.120. The normalized spacial score (nSPS) is 11.6. The van der Waals surface area contributed by atoms with Crippen LogP contribution in [0.3, 0.4) is 0 Å². The molecule has 2 aromatic carbocycles. The summed E-state index contributed by atoms with van der Waals surface area (Å²) in [7, 11) is -2.18. The number of carbonyl (C=O) groups excluding carboxylic acids is 1. The minimum absolute atomic E-state index is 0.0433. The van der Waals surface area contributed by atoms with Crippen molar-refractivity contribution < 1.29 is 22.3 Å². The van der Waals surface area contributed by atoms with Crippen LogP contribution in [0.5, 0.6) is 5.75 Å². The zero-order valence-corrected chi connectivity index (χ0v) is 16.9. The van der Waals surface area contributed by atoms with Gasteiger partial charge < -0.3 is 15.0 Å². The Bertz CT molecular complexity index is 1120. The molecule has 0 atom stereocenters. The molecule has 1 aromatic heterocycles. The summed E-state index contributed by atoms with van der Waals surface area (Å²) in [5.74, 6) is -0.0864. The molecule has 1 amide bonds. The molecule has 0 fully saturated rings. The van der Waals surface area contributed by atoms with Crippen molar-refractivity contribution in [2.24, 2.45) is 0 Å². The van der Waals surface area contributed by atoms with E-state index in [1.807, 2.05) is 6.92 Å². The molecule has 0 saturated heterocycles. The maximum absolute atomic E-state index is 13.5. The summed E-state index contributed by atoms with van der Waals surface area (Å²) in [6.07, 6.45) is 0.0700. The first kappa shape index (κ1) is 20.8. The quantitative estimate of drug-likeness (QED) is 0.488. The molecule has 154 valence electrons. The number of amides is 1. The largest absolute Gasteiger partial charge is 0.497 e. The maximum Gasteiger partial charge on any atom is 0.240 e. The second kappa shape index (κ2) is 8.62. The highest BCUT2D eigenvalue weighted by Gasteiger charge is 2.15. The van der Waals surface area contributed by atoms with Gasteiger partial charge in [-0.1, -0.05) is 0 Å². The van der Waals surface area contributed by atoms with Gasteiger partial charge in [-0.05, 0) is 55.0 Å². The second-order valence-electron chi connectivity index (χ2n) is 6.52. The molecule has 0 aliphatic heterocycles. The molecule has 3 aromatic rings. The van der Waals surface area contributed by atoms with Crippen molar-refractivity contribution >= 4 is 26.8 Å². The van der Waals surface area contributed by atoms with Crippen molar-refractivity contribution in [3.8, 4) is 5.75 Å². The van der Waals surface area contributed by atoms with Crippen LogP contribution in [0.1, 0.15) is 11.3 Å². The molecule has 3 rings (SSSR count). The van der Waals surface area contributed by atoms with Crippen LogP contribution in [0.15, 0.2) is 47.4 Å². The highest BCUT2D eigenvalue weighted by Crippen LogP contribution is 2.23. The monoisotopic (exact) mass is 419 g/mol. The number of aryl methyl sites for hydroxylation is 1. The van der Waals surface area contributed by atoms with E-state index in [0.717, 1.165) is 16.8 Å². The lowest BCUT2D eigenvalue weighted by Crippen LogP contribution is -2.35. The number of nitrogens with one attached hydrogen (secondary N) is 3. The van der Waals surface area contributed by atoms with E-state index in [1.54, 1.807) is 18.2 Å². The van der Waals surface area contributed by atoms with Crippen molar-refractivity contribution in [2.75, 3.05) is 20.2 Å². The summed E-state index contributed by atoms with van der Waals surface area (Å²) >= 11 is 0. The average Bonchev–Trinajstić information content (AvgIpc) is 3.00. The number of aromatic amines is 1. The van der Waals surface area contributed by atoms with E-state index in [-0.39, 0.29) is 36.1 Å². The number of ether oxygens (including phenoxy) is 1. The Kier molecular flexibility index (Phi) is 6.19. The third-order valence-electron chi connectivity index (χ3n) is 4.53. The fraction of sp³-hybridized carbons (Fsp3) is 0.250. The number of fused-ring (bicyclic) bond motifs is 1. The minimum atomic E-state index is -3.68. The second-order valence-corrected chi connectivity index (χ2v) is 8.29. The van der Waals surface area contributed by atoms with Crippen molar-refractivity contribution in [2.45, 2.75) is 18.2 Å². The van der Waals surface area contributed by atoms with Gasteiger partial charge in [0.25, 0.3) is 0 Å². The summed E-state index contributed by atoms with van der Waals surface area (Å²) in [4.78, 5) is 15.5. The number of halogens is 1. The SMILES string of the molecule is COc1ccc(S(=O)(=O)NCCNC(=O)Cc2c(C)[nH]c3ccc(F)cc23)cc1. The first-order valence-electron chi connectivity index (χ1n) is 8.97. The fourth-order valence-electron chi connectivity index (χ4n) is 3.03. The molecular weight excluding hydrogens is 397 g/mol. The van der Waals surface area contributed by atoms with Gasteiger partial charge in [-0.3, -0.25) is 4.79 Å². The van der Waals surface area contributed by atoms with Crippen LogP contribution < -0.4 is 14.8 Å². The van der Waals surface area contributed by atoms with Crippen molar-refractivity contribution in [3.05, 3.63) is 59.5 Å². The van der Waals surface area contributed by atoms with E-state index in [9.17, 15) is 17.6 Å². The Hall–Kier alpha value is -2.91. The number of benzene rings is 2. The average molecular weight is 419 g/mol. The lowest BCUT2D eigenvalue weighted by atomic mass is 10.1. The summed E-state index contributed by atoms with van der Waals surface area (Å²) in [6.45, 7) is 2.00. The van der Waals surface area contributed by atoms with Gasteiger partial charge in [-0.25, -0.2) is 17.5 Å². The minimum Gasteiger partial charge on any atom is -0.497 e. The molecule has 0 aliphatic carbocycles. The van der Waals surface area contributed by atoms with Crippen LogP contribution in [0, 0.1) is 12.7 Å². The Morgan fingerprint density at radius 3 is 2.55 bits per heavy atom. The van der Waals surface area contributed by atoms with Crippen LogP contribution in [0.2, 0.25) is 0 Å². The van der Waals surface area contributed by atoms with Gasteiger partial charge in [0, 0.05) is 29.7 Å². The van der Waals surface area contributed by atoms with Gasteiger partial charge in [-0.2, -0.15) is 0 Å².